The van der Waals surface area contributed by atoms with Gasteiger partial charge >= 0.3 is 5.96 Å². The predicted octanol–water partition coefficient (Wildman–Crippen LogP) is -1.27. The number of aryl methyl sites for hydroxylation is 2. The van der Waals surface area contributed by atoms with E-state index in [1.54, 1.807) is 9.36 Å². The van der Waals surface area contributed by atoms with Crippen LogP contribution in [0.1, 0.15) is 89.2 Å². The molecule has 370 valence electrons. The maximum absolute atomic E-state index is 14.2. The summed E-state index contributed by atoms with van der Waals surface area (Å²) in [6.45, 7) is 14.3. The van der Waals surface area contributed by atoms with Crippen molar-refractivity contribution in [2.45, 2.75) is 90.6 Å². The number of nitrogens with zero attached hydrogens (tertiary/aromatic N) is 13. The standard InChI is InChI=1S/C44H74N18O5/c1-5-8-12-35-32-61(55-53-35)37(14-9-10-15-45)39(63)57-18-22-59(23-19-57)43-50-42(49-17-27-66-29-31-67-30-28-65-26-6-2)51-44(52-43)60-24-20-58(21-25-60)40(64)38(34(4)7-3)62-33-36(54-56-62)13-11-16-48-41(46)47/h2,32-34,37-38H,5,7-31,45H2,1,3-4H3,(H4,46,47,48)(H,49,50,51,52)/p+1/t34-,37-,38-/m0/s1. The number of hydrogen-bond acceptors (Lipinski definition) is 16. The fourth-order valence-corrected chi connectivity index (χ4v) is 7.87. The Kier molecular flexibility index (Phi) is 22.2. The summed E-state index contributed by atoms with van der Waals surface area (Å²) in [6.07, 6.45) is 16.4. The highest BCUT2D eigenvalue weighted by molar-refractivity contribution is 5.81. The van der Waals surface area contributed by atoms with Gasteiger partial charge in [0, 0.05) is 71.3 Å². The third-order valence-corrected chi connectivity index (χ3v) is 11.9. The van der Waals surface area contributed by atoms with E-state index in [0.29, 0.717) is 136 Å². The molecule has 5 heterocycles. The second kappa shape index (κ2) is 28.5. The molecule has 23 heteroatoms. The Morgan fingerprint density at radius 1 is 0.776 bits per heavy atom. The summed E-state index contributed by atoms with van der Waals surface area (Å²) in [5, 5.41) is 20.9. The third-order valence-electron chi connectivity index (χ3n) is 11.9. The van der Waals surface area contributed by atoms with Gasteiger partial charge in [-0.3, -0.25) is 26.0 Å². The van der Waals surface area contributed by atoms with E-state index in [4.69, 9.17) is 52.8 Å². The first-order valence-corrected chi connectivity index (χ1v) is 24.0. The second-order valence-electron chi connectivity index (χ2n) is 16.9. The van der Waals surface area contributed by atoms with E-state index in [1.165, 1.54) is 0 Å². The van der Waals surface area contributed by atoms with Crippen molar-refractivity contribution in [3.05, 3.63) is 23.8 Å². The summed E-state index contributed by atoms with van der Waals surface area (Å²) in [6, 6.07) is -0.938. The number of nitrogens with two attached hydrogens (primary N) is 3. The Hall–Kier alpha value is -5.70. The number of carbonyl (C=O) groups is 2. The SMILES string of the molecule is C#CCOCCOCCOCCNc1nc(N2CCN(C(=O)[C@H]([C@@H](C)CC)n3cc(CCC[NH+]=C(N)N)nn3)CC2)nc(N2CCN(C(=O)[C@H](CCCCN)n3cc(CCCC)nn3)CC2)n1. The lowest BCUT2D eigenvalue weighted by molar-refractivity contribution is -0.459. The number of terminal acetylenes is 1. The Morgan fingerprint density at radius 3 is 1.96 bits per heavy atom. The van der Waals surface area contributed by atoms with Crippen molar-refractivity contribution in [2.75, 3.05) is 127 Å². The van der Waals surface area contributed by atoms with Crippen molar-refractivity contribution in [1.29, 1.82) is 0 Å². The van der Waals surface area contributed by atoms with E-state index in [-0.39, 0.29) is 30.3 Å². The van der Waals surface area contributed by atoms with Crippen LogP contribution in [0.3, 0.4) is 0 Å². The lowest BCUT2D eigenvalue weighted by Gasteiger charge is -2.38. The normalized spacial score (nSPS) is 15.6. The molecule has 3 aromatic rings. The summed E-state index contributed by atoms with van der Waals surface area (Å²) in [4.78, 5) is 54.0. The van der Waals surface area contributed by atoms with E-state index in [2.05, 4.69) is 67.4 Å². The van der Waals surface area contributed by atoms with E-state index in [9.17, 15) is 9.59 Å². The van der Waals surface area contributed by atoms with Crippen LogP contribution >= 0.6 is 0 Å². The number of ether oxygens (including phenoxy) is 3. The molecular weight excluding hydrogens is 861 g/mol. The highest BCUT2D eigenvalue weighted by atomic mass is 16.5. The molecule has 8 N–H and O–H groups in total. The Morgan fingerprint density at radius 2 is 1.36 bits per heavy atom. The summed E-state index contributed by atoms with van der Waals surface area (Å²) < 4.78 is 20.0. The molecule has 0 spiro atoms. The average Bonchev–Trinajstić information content (AvgIpc) is 4.02. The van der Waals surface area contributed by atoms with E-state index in [0.717, 1.165) is 56.3 Å². The summed E-state index contributed by atoms with van der Waals surface area (Å²) in [5.74, 6) is 4.11. The first-order valence-electron chi connectivity index (χ1n) is 24.0. The van der Waals surface area contributed by atoms with E-state index in [1.807, 2.05) is 22.2 Å². The maximum Gasteiger partial charge on any atom is 0.338 e. The molecule has 2 amide bonds. The number of nitrogens with one attached hydrogen (secondary N) is 2. The molecule has 0 unspecified atom stereocenters. The van der Waals surface area contributed by atoms with Crippen LogP contribution in [0.4, 0.5) is 17.8 Å². The minimum absolute atomic E-state index is 0.00809. The largest absolute Gasteiger partial charge is 0.377 e. The second-order valence-corrected chi connectivity index (χ2v) is 16.9. The fraction of sp³-hybridized carbons (Fsp3) is 0.727. The molecule has 23 nitrogen and oxygen atoms in total. The summed E-state index contributed by atoms with van der Waals surface area (Å²) in [5.41, 5.74) is 18.6. The monoisotopic (exact) mass is 936 g/mol. The molecule has 2 aliphatic heterocycles. The Balaban J connectivity index is 1.24. The Bertz CT molecular complexity index is 1990. The predicted molar refractivity (Wildman–Crippen MR) is 254 cm³/mol. The van der Waals surface area contributed by atoms with Gasteiger partial charge in [-0.2, -0.15) is 15.0 Å². The van der Waals surface area contributed by atoms with Gasteiger partial charge in [-0.05, 0) is 57.4 Å². The molecule has 2 aliphatic rings. The zero-order valence-corrected chi connectivity index (χ0v) is 39.9. The van der Waals surface area contributed by atoms with Crippen molar-refractivity contribution in [3.8, 4) is 12.3 Å². The van der Waals surface area contributed by atoms with Crippen LogP contribution in [0, 0.1) is 18.3 Å². The molecule has 0 aromatic carbocycles. The molecule has 0 bridgehead atoms. The van der Waals surface area contributed by atoms with Gasteiger partial charge in [-0.25, -0.2) is 9.36 Å². The van der Waals surface area contributed by atoms with E-state index >= 15 is 0 Å². The molecule has 2 saturated heterocycles. The molecular formula is C44H75N18O5+. The van der Waals surface area contributed by atoms with Gasteiger partial charge in [-0.1, -0.05) is 50.0 Å². The lowest BCUT2D eigenvalue weighted by Crippen LogP contribution is -2.78. The van der Waals surface area contributed by atoms with Gasteiger partial charge in [0.1, 0.15) is 18.7 Å². The van der Waals surface area contributed by atoms with Crippen molar-refractivity contribution in [1.82, 2.24) is 54.7 Å². The van der Waals surface area contributed by atoms with Gasteiger partial charge in [0.25, 0.3) is 0 Å². The van der Waals surface area contributed by atoms with Crippen LogP contribution in [-0.2, 0) is 36.6 Å². The molecule has 3 aromatic heterocycles. The number of amides is 2. The van der Waals surface area contributed by atoms with Crippen LogP contribution in [0.25, 0.3) is 0 Å². The molecule has 2 fully saturated rings. The molecule has 0 radical (unpaired) electrons. The number of unbranched alkanes of at least 4 members (excludes halogenated alkanes) is 2. The van der Waals surface area contributed by atoms with Crippen molar-refractivity contribution < 1.29 is 28.8 Å². The number of carbonyl (C=O) groups excluding carboxylic acids is 2. The van der Waals surface area contributed by atoms with Crippen molar-refractivity contribution >= 4 is 35.6 Å². The highest BCUT2D eigenvalue weighted by Crippen LogP contribution is 2.26. The lowest BCUT2D eigenvalue weighted by atomic mass is 9.97. The van der Waals surface area contributed by atoms with Gasteiger partial charge in [0.2, 0.25) is 29.7 Å². The van der Waals surface area contributed by atoms with Gasteiger partial charge in [0.15, 0.2) is 0 Å². The highest BCUT2D eigenvalue weighted by Gasteiger charge is 2.35. The summed E-state index contributed by atoms with van der Waals surface area (Å²) >= 11 is 0. The van der Waals surface area contributed by atoms with Crippen LogP contribution in [0.15, 0.2) is 12.4 Å². The number of guanidine groups is 1. The van der Waals surface area contributed by atoms with Crippen LogP contribution in [0.2, 0.25) is 0 Å². The van der Waals surface area contributed by atoms with E-state index < -0.39 is 12.1 Å². The zero-order valence-electron chi connectivity index (χ0n) is 39.9. The van der Waals surface area contributed by atoms with Crippen LogP contribution < -0.4 is 37.3 Å². The first-order chi connectivity index (χ1) is 32.6. The zero-order chi connectivity index (χ0) is 47.8. The number of piperazine rings is 2. The number of anilines is 3. The molecule has 5 rings (SSSR count). The topological polar surface area (TPSA) is 279 Å². The van der Waals surface area contributed by atoms with Crippen molar-refractivity contribution in [2.24, 2.45) is 23.1 Å². The third kappa shape index (κ3) is 16.5. The quantitative estimate of drug-likeness (QED) is 0.0226. The first kappa shape index (κ1) is 52.3. The molecule has 0 aliphatic carbocycles. The molecule has 3 atom stereocenters. The minimum atomic E-state index is -0.489. The van der Waals surface area contributed by atoms with Gasteiger partial charge in [0.05, 0.1) is 51.0 Å². The van der Waals surface area contributed by atoms with Crippen LogP contribution in [0.5, 0.6) is 0 Å². The molecule has 0 saturated carbocycles. The van der Waals surface area contributed by atoms with Crippen LogP contribution in [-0.4, -0.2) is 184 Å². The maximum atomic E-state index is 14.2. The fourth-order valence-electron chi connectivity index (χ4n) is 7.87. The van der Waals surface area contributed by atoms with Crippen molar-refractivity contribution in [3.63, 3.8) is 0 Å². The van der Waals surface area contributed by atoms with Gasteiger partial charge in [-0.15, -0.1) is 16.6 Å². The number of rotatable bonds is 30. The average molecular weight is 936 g/mol. The number of aromatic nitrogens is 9. The number of hydrogen-bond donors (Lipinski definition) is 5. The van der Waals surface area contributed by atoms with Gasteiger partial charge < -0.3 is 44.9 Å². The molecule has 67 heavy (non-hydrogen) atoms. The smallest absolute Gasteiger partial charge is 0.338 e. The minimum Gasteiger partial charge on any atom is -0.377 e. The Labute approximate surface area is 394 Å². The summed E-state index contributed by atoms with van der Waals surface area (Å²) in [7, 11) is 0.